The maximum Gasteiger partial charge on any atom is 0.243 e. The summed E-state index contributed by atoms with van der Waals surface area (Å²) in [6.45, 7) is 5.61. The van der Waals surface area contributed by atoms with Crippen LogP contribution in [0.5, 0.6) is 5.75 Å². The molecule has 1 amide bonds. The minimum absolute atomic E-state index is 0. The molecule has 0 aliphatic rings. The molecule has 0 radical (unpaired) electrons. The number of hydrogen-bond donors (Lipinski definition) is 3. The van der Waals surface area contributed by atoms with E-state index in [2.05, 4.69) is 10.3 Å². The van der Waals surface area contributed by atoms with Crippen molar-refractivity contribution in [3.05, 3.63) is 18.3 Å². The van der Waals surface area contributed by atoms with E-state index in [1.807, 2.05) is 20.8 Å². The van der Waals surface area contributed by atoms with Crippen LogP contribution in [-0.4, -0.2) is 22.0 Å². The number of nitrogens with two attached hydrogens (primary N) is 1. The number of pyridine rings is 1. The van der Waals surface area contributed by atoms with Gasteiger partial charge in [0, 0.05) is 6.20 Å². The molecule has 0 fully saturated rings. The number of aromatic hydroxyl groups is 1. The van der Waals surface area contributed by atoms with Gasteiger partial charge in [0.1, 0.15) is 0 Å². The average Bonchev–Trinajstić information content (AvgIpc) is 2.19. The zero-order chi connectivity index (χ0) is 12.3. The van der Waals surface area contributed by atoms with E-state index in [4.69, 9.17) is 5.73 Å². The molecular weight excluding hydrogens is 242 g/mol. The molecule has 1 aromatic rings. The summed E-state index contributed by atoms with van der Waals surface area (Å²) in [4.78, 5) is 15.6. The fourth-order valence-electron chi connectivity index (χ4n) is 1.08. The molecule has 6 heteroatoms. The maximum atomic E-state index is 11.7. The molecule has 0 bridgehead atoms. The van der Waals surface area contributed by atoms with Gasteiger partial charge in [-0.1, -0.05) is 20.8 Å². The van der Waals surface area contributed by atoms with Gasteiger partial charge in [0.2, 0.25) is 5.91 Å². The van der Waals surface area contributed by atoms with Gasteiger partial charge in [-0.15, -0.1) is 12.4 Å². The summed E-state index contributed by atoms with van der Waals surface area (Å²) in [5.74, 6) is -0.300. The van der Waals surface area contributed by atoms with Crippen molar-refractivity contribution in [2.24, 2.45) is 11.1 Å². The minimum Gasteiger partial charge on any atom is -0.504 e. The van der Waals surface area contributed by atoms with E-state index < -0.39 is 6.04 Å². The highest BCUT2D eigenvalue weighted by Crippen LogP contribution is 2.21. The third-order valence-corrected chi connectivity index (χ3v) is 2.24. The van der Waals surface area contributed by atoms with Crippen LogP contribution >= 0.6 is 12.4 Å². The maximum absolute atomic E-state index is 11.7. The number of halogens is 1. The molecule has 0 saturated carbocycles. The Morgan fingerprint density at radius 1 is 1.53 bits per heavy atom. The van der Waals surface area contributed by atoms with Gasteiger partial charge < -0.3 is 16.2 Å². The van der Waals surface area contributed by atoms with Crippen molar-refractivity contribution in [1.82, 2.24) is 4.98 Å². The molecule has 0 aliphatic heterocycles. The van der Waals surface area contributed by atoms with E-state index >= 15 is 0 Å². The molecule has 1 rings (SSSR count). The Kier molecular flexibility index (Phi) is 5.38. The Hall–Kier alpha value is -1.33. The second kappa shape index (κ2) is 5.84. The molecule has 0 unspecified atom stereocenters. The average molecular weight is 260 g/mol. The normalized spacial score (nSPS) is 12.5. The molecule has 0 aromatic carbocycles. The predicted molar refractivity (Wildman–Crippen MR) is 69.2 cm³/mol. The van der Waals surface area contributed by atoms with Crippen molar-refractivity contribution in [3.8, 4) is 5.75 Å². The van der Waals surface area contributed by atoms with Crippen LogP contribution in [0.15, 0.2) is 18.3 Å². The lowest BCUT2D eigenvalue weighted by atomic mass is 9.87. The quantitative estimate of drug-likeness (QED) is 0.751. The Bertz CT molecular complexity index is 391. The van der Waals surface area contributed by atoms with Crippen molar-refractivity contribution in [3.63, 3.8) is 0 Å². The first-order valence-electron chi connectivity index (χ1n) is 5.03. The zero-order valence-corrected chi connectivity index (χ0v) is 10.9. The second-order valence-corrected chi connectivity index (χ2v) is 4.70. The zero-order valence-electron chi connectivity index (χ0n) is 10.1. The van der Waals surface area contributed by atoms with E-state index in [0.29, 0.717) is 0 Å². The smallest absolute Gasteiger partial charge is 0.243 e. The van der Waals surface area contributed by atoms with E-state index in [1.165, 1.54) is 12.3 Å². The number of aromatic nitrogens is 1. The molecule has 0 saturated heterocycles. The molecule has 0 spiro atoms. The van der Waals surface area contributed by atoms with Crippen LogP contribution in [0.25, 0.3) is 0 Å². The number of nitrogens with one attached hydrogen (secondary N) is 1. The molecule has 17 heavy (non-hydrogen) atoms. The highest BCUT2D eigenvalue weighted by Gasteiger charge is 2.28. The minimum atomic E-state index is -0.658. The van der Waals surface area contributed by atoms with Gasteiger partial charge in [0.15, 0.2) is 11.6 Å². The van der Waals surface area contributed by atoms with E-state index in [9.17, 15) is 9.90 Å². The van der Waals surface area contributed by atoms with Crippen molar-refractivity contribution in [2.75, 3.05) is 5.32 Å². The lowest BCUT2D eigenvalue weighted by Crippen LogP contribution is -2.45. The van der Waals surface area contributed by atoms with Crippen LogP contribution in [-0.2, 0) is 4.79 Å². The van der Waals surface area contributed by atoms with E-state index in [-0.39, 0.29) is 35.3 Å². The SMILES string of the molecule is CC(C)(C)[C@H](N)C(=O)Nc1ncccc1O.Cl. The fourth-order valence-corrected chi connectivity index (χ4v) is 1.08. The summed E-state index contributed by atoms with van der Waals surface area (Å²) in [6, 6.07) is 2.37. The van der Waals surface area contributed by atoms with Gasteiger partial charge in [-0.2, -0.15) is 0 Å². The molecule has 4 N–H and O–H groups in total. The number of carbonyl (C=O) groups excluding carboxylic acids is 1. The molecule has 1 aromatic heterocycles. The fraction of sp³-hybridized carbons (Fsp3) is 0.455. The van der Waals surface area contributed by atoms with Gasteiger partial charge in [-0.05, 0) is 17.5 Å². The van der Waals surface area contributed by atoms with E-state index in [0.717, 1.165) is 0 Å². The topological polar surface area (TPSA) is 88.2 Å². The van der Waals surface area contributed by atoms with Crippen LogP contribution in [0.2, 0.25) is 0 Å². The number of rotatable bonds is 2. The van der Waals surface area contributed by atoms with Crippen molar-refractivity contribution < 1.29 is 9.90 Å². The van der Waals surface area contributed by atoms with Crippen molar-refractivity contribution in [2.45, 2.75) is 26.8 Å². The van der Waals surface area contributed by atoms with Crippen LogP contribution in [0.1, 0.15) is 20.8 Å². The first-order chi connectivity index (χ1) is 7.32. The first-order valence-corrected chi connectivity index (χ1v) is 5.03. The molecule has 96 valence electrons. The lowest BCUT2D eigenvalue weighted by Gasteiger charge is -2.25. The highest BCUT2D eigenvalue weighted by atomic mass is 35.5. The number of nitrogens with zero attached hydrogens (tertiary/aromatic N) is 1. The predicted octanol–water partition coefficient (Wildman–Crippen LogP) is 1.52. The Labute approximate surface area is 107 Å². The van der Waals surface area contributed by atoms with Gasteiger partial charge in [0.05, 0.1) is 6.04 Å². The number of anilines is 1. The van der Waals surface area contributed by atoms with Gasteiger partial charge in [-0.25, -0.2) is 4.98 Å². The first kappa shape index (κ1) is 15.7. The Morgan fingerprint density at radius 3 is 2.59 bits per heavy atom. The summed E-state index contributed by atoms with van der Waals surface area (Å²) in [5.41, 5.74) is 5.43. The summed E-state index contributed by atoms with van der Waals surface area (Å²) in [5, 5.41) is 11.9. The van der Waals surface area contributed by atoms with Crippen LogP contribution < -0.4 is 11.1 Å². The third kappa shape index (κ3) is 4.20. The molecule has 5 nitrogen and oxygen atoms in total. The Balaban J connectivity index is 0.00000256. The number of hydrogen-bond acceptors (Lipinski definition) is 4. The molecular formula is C11H18ClN3O2. The summed E-state index contributed by atoms with van der Waals surface area (Å²) < 4.78 is 0. The van der Waals surface area contributed by atoms with Crippen LogP contribution in [0.3, 0.4) is 0 Å². The largest absolute Gasteiger partial charge is 0.504 e. The molecule has 1 heterocycles. The monoisotopic (exact) mass is 259 g/mol. The van der Waals surface area contributed by atoms with E-state index in [1.54, 1.807) is 6.07 Å². The van der Waals surface area contributed by atoms with Crippen molar-refractivity contribution >= 4 is 24.1 Å². The van der Waals surface area contributed by atoms with Crippen molar-refractivity contribution in [1.29, 1.82) is 0 Å². The summed E-state index contributed by atoms with van der Waals surface area (Å²) in [7, 11) is 0. The van der Waals surface area contributed by atoms with Gasteiger partial charge >= 0.3 is 0 Å². The molecule has 1 atom stereocenters. The second-order valence-electron chi connectivity index (χ2n) is 4.70. The van der Waals surface area contributed by atoms with Gasteiger partial charge in [0.25, 0.3) is 0 Å². The number of amides is 1. The standard InChI is InChI=1S/C11H17N3O2.ClH/c1-11(2,3)8(12)10(16)14-9-7(15)5-4-6-13-9;/h4-6,8,15H,12H2,1-3H3,(H,13,14,16);1H/t8-;/m1./s1. The Morgan fingerprint density at radius 2 is 2.12 bits per heavy atom. The number of carbonyl (C=O) groups is 1. The third-order valence-electron chi connectivity index (χ3n) is 2.24. The summed E-state index contributed by atoms with van der Waals surface area (Å²) >= 11 is 0. The summed E-state index contributed by atoms with van der Waals surface area (Å²) in [6.07, 6.45) is 1.48. The highest BCUT2D eigenvalue weighted by molar-refractivity contribution is 5.95. The van der Waals surface area contributed by atoms with Crippen LogP contribution in [0.4, 0.5) is 5.82 Å². The van der Waals surface area contributed by atoms with Crippen LogP contribution in [0, 0.1) is 5.41 Å². The molecule has 0 aliphatic carbocycles. The lowest BCUT2D eigenvalue weighted by molar-refractivity contribution is -0.119. The van der Waals surface area contributed by atoms with Gasteiger partial charge in [-0.3, -0.25) is 4.79 Å².